The van der Waals surface area contributed by atoms with Crippen molar-refractivity contribution in [2.45, 2.75) is 6.92 Å². The van der Waals surface area contributed by atoms with Crippen LogP contribution in [0.1, 0.15) is 5.56 Å². The first-order chi connectivity index (χ1) is 9.70. The van der Waals surface area contributed by atoms with Gasteiger partial charge in [0.2, 0.25) is 6.79 Å². The molecule has 2 heterocycles. The molecule has 3 aromatic rings. The Morgan fingerprint density at radius 2 is 1.95 bits per heavy atom. The van der Waals surface area contributed by atoms with Gasteiger partial charge < -0.3 is 20.2 Å². The summed E-state index contributed by atoms with van der Waals surface area (Å²) in [6.45, 7) is 2.25. The number of imidazole rings is 1. The second kappa shape index (κ2) is 3.90. The van der Waals surface area contributed by atoms with Crippen LogP contribution in [-0.2, 0) is 0 Å². The number of aromatic amines is 1. The van der Waals surface area contributed by atoms with Gasteiger partial charge in [0.05, 0.1) is 11.0 Å². The second-order valence-corrected chi connectivity index (χ2v) is 4.88. The Bertz CT molecular complexity index is 782. The number of rotatable bonds is 1. The minimum Gasteiger partial charge on any atom is -0.454 e. The maximum atomic E-state index is 5.95. The maximum absolute atomic E-state index is 5.95. The molecule has 4 rings (SSSR count). The van der Waals surface area contributed by atoms with Crippen molar-refractivity contribution in [3.8, 4) is 22.9 Å². The monoisotopic (exact) mass is 267 g/mol. The molecule has 0 atom stereocenters. The number of nitrogens with two attached hydrogens (primary N) is 1. The van der Waals surface area contributed by atoms with Gasteiger partial charge in [0.1, 0.15) is 5.82 Å². The van der Waals surface area contributed by atoms with E-state index in [1.54, 1.807) is 0 Å². The lowest BCUT2D eigenvalue weighted by Gasteiger charge is -2.01. The van der Waals surface area contributed by atoms with Gasteiger partial charge >= 0.3 is 0 Å². The molecule has 20 heavy (non-hydrogen) atoms. The van der Waals surface area contributed by atoms with E-state index < -0.39 is 0 Å². The lowest BCUT2D eigenvalue weighted by Crippen LogP contribution is -1.93. The summed E-state index contributed by atoms with van der Waals surface area (Å²) in [6, 6.07) is 9.71. The number of nitrogen functional groups attached to an aromatic ring is 1. The van der Waals surface area contributed by atoms with Gasteiger partial charge in [-0.25, -0.2) is 4.98 Å². The average Bonchev–Trinajstić information content (AvgIpc) is 3.04. The van der Waals surface area contributed by atoms with Gasteiger partial charge in [0.25, 0.3) is 0 Å². The molecule has 3 N–H and O–H groups in total. The van der Waals surface area contributed by atoms with Crippen LogP contribution in [0.2, 0.25) is 0 Å². The molecule has 1 aromatic heterocycles. The van der Waals surface area contributed by atoms with Crippen LogP contribution >= 0.6 is 0 Å². The van der Waals surface area contributed by atoms with Crippen molar-refractivity contribution in [3.05, 3.63) is 35.9 Å². The molecular formula is C15H13N3O2. The highest BCUT2D eigenvalue weighted by Crippen LogP contribution is 2.36. The standard InChI is InChI=1S/C15H13N3O2/c1-8-2-3-9(4-10(8)16)15-17-11-5-13-14(20-7-19-13)6-12(11)18-15/h2-6H,7,16H2,1H3,(H,17,18). The highest BCUT2D eigenvalue weighted by molar-refractivity contribution is 5.83. The van der Waals surface area contributed by atoms with E-state index in [4.69, 9.17) is 15.2 Å². The predicted octanol–water partition coefficient (Wildman–Crippen LogP) is 2.85. The van der Waals surface area contributed by atoms with Crippen molar-refractivity contribution >= 4 is 16.7 Å². The van der Waals surface area contributed by atoms with E-state index in [-0.39, 0.29) is 6.79 Å². The van der Waals surface area contributed by atoms with Crippen molar-refractivity contribution < 1.29 is 9.47 Å². The molecule has 0 radical (unpaired) electrons. The summed E-state index contributed by atoms with van der Waals surface area (Å²) in [7, 11) is 0. The van der Waals surface area contributed by atoms with Crippen LogP contribution in [0.25, 0.3) is 22.4 Å². The van der Waals surface area contributed by atoms with E-state index in [9.17, 15) is 0 Å². The van der Waals surface area contributed by atoms with Crippen LogP contribution in [0.4, 0.5) is 5.69 Å². The quantitative estimate of drug-likeness (QED) is 0.665. The summed E-state index contributed by atoms with van der Waals surface area (Å²) in [5, 5.41) is 0. The number of hydrogen-bond donors (Lipinski definition) is 2. The smallest absolute Gasteiger partial charge is 0.231 e. The van der Waals surface area contributed by atoms with E-state index in [0.29, 0.717) is 0 Å². The molecule has 5 heteroatoms. The molecule has 0 aliphatic carbocycles. The van der Waals surface area contributed by atoms with Crippen molar-refractivity contribution in [2.24, 2.45) is 0 Å². The Labute approximate surface area is 115 Å². The number of ether oxygens (including phenoxy) is 2. The van der Waals surface area contributed by atoms with Crippen molar-refractivity contribution in [3.63, 3.8) is 0 Å². The summed E-state index contributed by atoms with van der Waals surface area (Å²) in [5.74, 6) is 2.27. The van der Waals surface area contributed by atoms with E-state index in [0.717, 1.165) is 45.2 Å². The lowest BCUT2D eigenvalue weighted by atomic mass is 10.1. The van der Waals surface area contributed by atoms with E-state index in [2.05, 4.69) is 9.97 Å². The van der Waals surface area contributed by atoms with Gasteiger partial charge in [-0.3, -0.25) is 0 Å². The Morgan fingerprint density at radius 1 is 1.15 bits per heavy atom. The maximum Gasteiger partial charge on any atom is 0.231 e. The first-order valence-corrected chi connectivity index (χ1v) is 6.36. The zero-order valence-corrected chi connectivity index (χ0v) is 10.9. The van der Waals surface area contributed by atoms with Crippen molar-refractivity contribution in [1.29, 1.82) is 0 Å². The van der Waals surface area contributed by atoms with Gasteiger partial charge in [-0.2, -0.15) is 0 Å². The predicted molar refractivity (Wildman–Crippen MR) is 76.8 cm³/mol. The molecule has 0 saturated heterocycles. The summed E-state index contributed by atoms with van der Waals surface area (Å²) in [4.78, 5) is 7.87. The van der Waals surface area contributed by atoms with Crippen LogP contribution in [-0.4, -0.2) is 16.8 Å². The SMILES string of the molecule is Cc1ccc(-c2nc3cc4c(cc3[nH]2)OCO4)cc1N. The van der Waals surface area contributed by atoms with Crippen LogP contribution in [0.5, 0.6) is 11.5 Å². The molecule has 1 aliphatic rings. The second-order valence-electron chi connectivity index (χ2n) is 4.88. The Hall–Kier alpha value is -2.69. The van der Waals surface area contributed by atoms with Gasteiger partial charge in [0.15, 0.2) is 11.5 Å². The van der Waals surface area contributed by atoms with Crippen LogP contribution in [0.15, 0.2) is 30.3 Å². The molecule has 2 aromatic carbocycles. The fraction of sp³-hybridized carbons (Fsp3) is 0.133. The molecule has 0 spiro atoms. The molecule has 5 nitrogen and oxygen atoms in total. The number of fused-ring (bicyclic) bond motifs is 2. The highest BCUT2D eigenvalue weighted by Gasteiger charge is 2.16. The van der Waals surface area contributed by atoms with Crippen LogP contribution in [0, 0.1) is 6.92 Å². The first-order valence-electron chi connectivity index (χ1n) is 6.36. The summed E-state index contributed by atoms with van der Waals surface area (Å²) < 4.78 is 10.7. The third-order valence-corrected chi connectivity index (χ3v) is 3.53. The van der Waals surface area contributed by atoms with Gasteiger partial charge in [-0.05, 0) is 18.6 Å². The highest BCUT2D eigenvalue weighted by atomic mass is 16.7. The number of aryl methyl sites for hydroxylation is 1. The fourth-order valence-corrected chi connectivity index (χ4v) is 2.32. The minimum absolute atomic E-state index is 0.267. The van der Waals surface area contributed by atoms with Gasteiger partial charge in [0, 0.05) is 23.4 Å². The number of nitrogens with zero attached hydrogens (tertiary/aromatic N) is 1. The third-order valence-electron chi connectivity index (χ3n) is 3.53. The molecule has 0 saturated carbocycles. The zero-order valence-electron chi connectivity index (χ0n) is 10.9. The fourth-order valence-electron chi connectivity index (χ4n) is 2.32. The molecular weight excluding hydrogens is 254 g/mol. The third kappa shape index (κ3) is 1.60. The van der Waals surface area contributed by atoms with E-state index >= 15 is 0 Å². The number of hydrogen-bond acceptors (Lipinski definition) is 4. The summed E-state index contributed by atoms with van der Waals surface area (Å²) in [5.41, 5.74) is 10.5. The average molecular weight is 267 g/mol. The summed E-state index contributed by atoms with van der Waals surface area (Å²) in [6.07, 6.45) is 0. The first kappa shape index (κ1) is 11.2. The van der Waals surface area contributed by atoms with Crippen LogP contribution in [0.3, 0.4) is 0 Å². The number of H-pyrrole nitrogens is 1. The van der Waals surface area contributed by atoms with Crippen molar-refractivity contribution in [2.75, 3.05) is 12.5 Å². The minimum atomic E-state index is 0.267. The number of anilines is 1. The zero-order chi connectivity index (χ0) is 13.7. The molecule has 0 amide bonds. The van der Waals surface area contributed by atoms with Crippen molar-refractivity contribution in [1.82, 2.24) is 9.97 Å². The molecule has 1 aliphatic heterocycles. The molecule has 100 valence electrons. The number of nitrogens with one attached hydrogen (secondary N) is 1. The molecule has 0 bridgehead atoms. The van der Waals surface area contributed by atoms with E-state index in [1.807, 2.05) is 37.3 Å². The topological polar surface area (TPSA) is 73.2 Å². The lowest BCUT2D eigenvalue weighted by molar-refractivity contribution is 0.174. The number of benzene rings is 2. The molecule has 0 fully saturated rings. The Morgan fingerprint density at radius 3 is 2.75 bits per heavy atom. The van der Waals surface area contributed by atoms with E-state index in [1.165, 1.54) is 0 Å². The van der Waals surface area contributed by atoms with Gasteiger partial charge in [-0.15, -0.1) is 0 Å². The Balaban J connectivity index is 1.86. The Kier molecular flexibility index (Phi) is 2.18. The van der Waals surface area contributed by atoms with Gasteiger partial charge in [-0.1, -0.05) is 12.1 Å². The largest absolute Gasteiger partial charge is 0.454 e. The molecule has 0 unspecified atom stereocenters. The summed E-state index contributed by atoms with van der Waals surface area (Å²) >= 11 is 0. The van der Waals surface area contributed by atoms with Crippen LogP contribution < -0.4 is 15.2 Å². The normalized spacial score (nSPS) is 13.1. The number of aromatic nitrogens is 2.